The minimum atomic E-state index is -0.254. The number of benzene rings is 2. The average molecular weight is 377 g/mol. The highest BCUT2D eigenvalue weighted by atomic mass is 16.6. The molecular formula is C24H27NO3. The topological polar surface area (TPSA) is 49.8 Å². The lowest BCUT2D eigenvalue weighted by Crippen LogP contribution is -2.45. The maximum atomic E-state index is 13.0. The summed E-state index contributed by atoms with van der Waals surface area (Å²) < 4.78 is 5.88. The number of ether oxygens (including phenoxy) is 1. The number of carbonyl (C=O) groups is 1. The van der Waals surface area contributed by atoms with Gasteiger partial charge in [-0.1, -0.05) is 61.4 Å². The van der Waals surface area contributed by atoms with Crippen molar-refractivity contribution in [2.75, 3.05) is 13.2 Å². The van der Waals surface area contributed by atoms with Gasteiger partial charge in [-0.2, -0.15) is 0 Å². The Morgan fingerprint density at radius 3 is 2.32 bits per heavy atom. The lowest BCUT2D eigenvalue weighted by molar-refractivity contribution is 0.0606. The van der Waals surface area contributed by atoms with Gasteiger partial charge in [0.15, 0.2) is 0 Å². The van der Waals surface area contributed by atoms with E-state index in [1.807, 2.05) is 4.90 Å². The molecule has 0 bridgehead atoms. The lowest BCUT2D eigenvalue weighted by Gasteiger charge is -2.33. The van der Waals surface area contributed by atoms with Gasteiger partial charge in [-0.3, -0.25) is 4.90 Å². The molecule has 2 aromatic carbocycles. The second-order valence-electron chi connectivity index (χ2n) is 8.40. The molecule has 1 saturated carbocycles. The second-order valence-corrected chi connectivity index (χ2v) is 8.40. The predicted octanol–water partition coefficient (Wildman–Crippen LogP) is 4.56. The number of hydrogen-bond donors (Lipinski definition) is 1. The molecule has 146 valence electrons. The molecule has 0 spiro atoms. The van der Waals surface area contributed by atoms with Gasteiger partial charge in [0.25, 0.3) is 0 Å². The molecule has 1 heterocycles. The molecule has 1 amide bonds. The third-order valence-electron chi connectivity index (χ3n) is 6.95. The summed E-state index contributed by atoms with van der Waals surface area (Å²) in [6.45, 7) is 0.371. The largest absolute Gasteiger partial charge is 0.448 e. The molecule has 0 aromatic heterocycles. The minimum absolute atomic E-state index is 0.0250. The number of likely N-dealkylation sites (tertiary alicyclic amines) is 1. The number of amides is 1. The first-order chi connectivity index (χ1) is 13.8. The molecule has 5 rings (SSSR count). The fourth-order valence-corrected chi connectivity index (χ4v) is 5.68. The van der Waals surface area contributed by atoms with E-state index in [9.17, 15) is 9.90 Å². The molecule has 1 N–H and O–H groups in total. The van der Waals surface area contributed by atoms with E-state index in [2.05, 4.69) is 48.5 Å². The molecule has 2 fully saturated rings. The van der Waals surface area contributed by atoms with Crippen molar-refractivity contribution in [2.45, 2.75) is 50.1 Å². The number of carbonyl (C=O) groups excluding carboxylic acids is 1. The summed E-state index contributed by atoms with van der Waals surface area (Å²) in [5, 5.41) is 9.82. The van der Waals surface area contributed by atoms with Crippen molar-refractivity contribution in [1.29, 1.82) is 0 Å². The Kier molecular flexibility index (Phi) is 4.59. The van der Waals surface area contributed by atoms with E-state index in [0.29, 0.717) is 12.5 Å². The predicted molar refractivity (Wildman–Crippen MR) is 108 cm³/mol. The highest BCUT2D eigenvalue weighted by molar-refractivity contribution is 5.79. The lowest BCUT2D eigenvalue weighted by atomic mass is 9.85. The van der Waals surface area contributed by atoms with Crippen LogP contribution in [-0.4, -0.2) is 41.4 Å². The van der Waals surface area contributed by atoms with Crippen molar-refractivity contribution in [3.63, 3.8) is 0 Å². The van der Waals surface area contributed by atoms with Gasteiger partial charge in [0.1, 0.15) is 6.61 Å². The van der Waals surface area contributed by atoms with Crippen molar-refractivity contribution in [2.24, 2.45) is 5.92 Å². The summed E-state index contributed by atoms with van der Waals surface area (Å²) >= 11 is 0. The maximum absolute atomic E-state index is 13.0. The molecular weight excluding hydrogens is 350 g/mol. The molecule has 4 heteroatoms. The van der Waals surface area contributed by atoms with Crippen molar-refractivity contribution in [3.05, 3.63) is 59.7 Å². The smallest absolute Gasteiger partial charge is 0.410 e. The Bertz CT molecular complexity index is 834. The standard InChI is InChI=1S/C24H27NO3/c26-14-17-13-16-7-1-6-12-23(16)25(17)24(27)28-15-22-20-10-4-2-8-18(20)19-9-3-5-11-21(19)22/h2-5,8-11,16-17,22-23,26H,1,6-7,12-15H2/t16-,17-,23-/m0/s1. The van der Waals surface area contributed by atoms with Gasteiger partial charge in [0, 0.05) is 12.0 Å². The third kappa shape index (κ3) is 2.82. The van der Waals surface area contributed by atoms with Crippen LogP contribution in [0, 0.1) is 5.92 Å². The number of aliphatic hydroxyl groups is 1. The fraction of sp³-hybridized carbons (Fsp3) is 0.458. The Balaban J connectivity index is 1.35. The number of fused-ring (bicyclic) bond motifs is 4. The van der Waals surface area contributed by atoms with E-state index in [1.54, 1.807) is 0 Å². The van der Waals surface area contributed by atoms with Gasteiger partial charge in [-0.05, 0) is 47.4 Å². The molecule has 3 aliphatic rings. The zero-order valence-electron chi connectivity index (χ0n) is 16.1. The van der Waals surface area contributed by atoms with Crippen molar-refractivity contribution in [1.82, 2.24) is 4.90 Å². The first-order valence-corrected chi connectivity index (χ1v) is 10.5. The van der Waals surface area contributed by atoms with Crippen molar-refractivity contribution in [3.8, 4) is 11.1 Å². The number of hydrogen-bond acceptors (Lipinski definition) is 3. The van der Waals surface area contributed by atoms with E-state index in [4.69, 9.17) is 4.74 Å². The minimum Gasteiger partial charge on any atom is -0.448 e. The monoisotopic (exact) mass is 377 g/mol. The van der Waals surface area contributed by atoms with Crippen LogP contribution in [0.1, 0.15) is 49.1 Å². The van der Waals surface area contributed by atoms with Gasteiger partial charge in [-0.15, -0.1) is 0 Å². The zero-order valence-corrected chi connectivity index (χ0v) is 16.1. The van der Waals surface area contributed by atoms with Crippen LogP contribution in [0.25, 0.3) is 11.1 Å². The van der Waals surface area contributed by atoms with Crippen LogP contribution in [-0.2, 0) is 4.74 Å². The summed E-state index contributed by atoms with van der Waals surface area (Å²) in [4.78, 5) is 14.9. The molecule has 0 radical (unpaired) electrons. The molecule has 1 saturated heterocycles. The first-order valence-electron chi connectivity index (χ1n) is 10.5. The van der Waals surface area contributed by atoms with Crippen LogP contribution in [0.15, 0.2) is 48.5 Å². The van der Waals surface area contributed by atoms with E-state index < -0.39 is 0 Å². The summed E-state index contributed by atoms with van der Waals surface area (Å²) in [5.41, 5.74) is 4.93. The fourth-order valence-electron chi connectivity index (χ4n) is 5.68. The molecule has 3 atom stereocenters. The van der Waals surface area contributed by atoms with E-state index in [0.717, 1.165) is 25.7 Å². The number of rotatable bonds is 3. The van der Waals surface area contributed by atoms with Crippen LogP contribution in [0.4, 0.5) is 4.79 Å². The Labute approximate surface area is 166 Å². The van der Waals surface area contributed by atoms with Crippen molar-refractivity contribution >= 4 is 6.09 Å². The molecule has 1 aliphatic heterocycles. The summed E-state index contributed by atoms with van der Waals surface area (Å²) in [7, 11) is 0. The Morgan fingerprint density at radius 2 is 1.64 bits per heavy atom. The Hall–Kier alpha value is -2.33. The first kappa shape index (κ1) is 17.7. The molecule has 0 unspecified atom stereocenters. The highest BCUT2D eigenvalue weighted by Crippen LogP contribution is 2.45. The van der Waals surface area contributed by atoms with Gasteiger partial charge < -0.3 is 9.84 Å². The quantitative estimate of drug-likeness (QED) is 0.853. The van der Waals surface area contributed by atoms with E-state index in [-0.39, 0.29) is 30.7 Å². The van der Waals surface area contributed by atoms with Crippen LogP contribution in [0.5, 0.6) is 0 Å². The molecule has 28 heavy (non-hydrogen) atoms. The van der Waals surface area contributed by atoms with E-state index in [1.165, 1.54) is 28.7 Å². The van der Waals surface area contributed by atoms with Crippen molar-refractivity contribution < 1.29 is 14.6 Å². The van der Waals surface area contributed by atoms with Crippen LogP contribution >= 0.6 is 0 Å². The van der Waals surface area contributed by atoms with Gasteiger partial charge in [0.05, 0.1) is 12.6 Å². The third-order valence-corrected chi connectivity index (χ3v) is 6.95. The molecule has 4 nitrogen and oxygen atoms in total. The molecule has 2 aromatic rings. The SMILES string of the molecule is O=C(OCC1c2ccccc2-c2ccccc21)N1[C@H](CO)C[C@@H]2CCCC[C@@H]21. The summed E-state index contributed by atoms with van der Waals surface area (Å²) in [6, 6.07) is 16.9. The zero-order chi connectivity index (χ0) is 19.1. The maximum Gasteiger partial charge on any atom is 0.410 e. The molecule has 2 aliphatic carbocycles. The van der Waals surface area contributed by atoms with E-state index >= 15 is 0 Å². The van der Waals surface area contributed by atoms with Gasteiger partial charge >= 0.3 is 6.09 Å². The highest BCUT2D eigenvalue weighted by Gasteiger charge is 2.45. The summed E-state index contributed by atoms with van der Waals surface area (Å²) in [6.07, 6.45) is 5.24. The number of aliphatic hydroxyl groups excluding tert-OH is 1. The van der Waals surface area contributed by atoms with Crippen LogP contribution < -0.4 is 0 Å². The average Bonchev–Trinajstić information content (AvgIpc) is 3.28. The summed E-state index contributed by atoms with van der Waals surface area (Å²) in [5.74, 6) is 0.597. The normalized spacial score (nSPS) is 25.9. The number of nitrogens with zero attached hydrogens (tertiary/aromatic N) is 1. The Morgan fingerprint density at radius 1 is 1.00 bits per heavy atom. The van der Waals surface area contributed by atoms with Crippen LogP contribution in [0.3, 0.4) is 0 Å². The second kappa shape index (κ2) is 7.25. The van der Waals surface area contributed by atoms with Crippen LogP contribution in [0.2, 0.25) is 0 Å². The van der Waals surface area contributed by atoms with Gasteiger partial charge in [-0.25, -0.2) is 4.79 Å². The van der Waals surface area contributed by atoms with Gasteiger partial charge in [0.2, 0.25) is 0 Å².